The number of ether oxygens (including phenoxy) is 2. The number of ketones is 2. The predicted octanol–water partition coefficient (Wildman–Crippen LogP) is 2.70. The highest BCUT2D eigenvalue weighted by molar-refractivity contribution is 8.13. The van der Waals surface area contributed by atoms with Crippen molar-refractivity contribution in [2.45, 2.75) is 30.5 Å². The van der Waals surface area contributed by atoms with Crippen LogP contribution in [0.3, 0.4) is 0 Å². The minimum Gasteiger partial charge on any atom is -0.346 e. The van der Waals surface area contributed by atoms with Crippen LogP contribution in [0.1, 0.15) is 44.7 Å². The van der Waals surface area contributed by atoms with Crippen molar-refractivity contribution >= 4 is 28.4 Å². The van der Waals surface area contributed by atoms with E-state index in [9.17, 15) is 14.4 Å². The summed E-state index contributed by atoms with van der Waals surface area (Å²) in [4.78, 5) is 39.3. The van der Waals surface area contributed by atoms with Gasteiger partial charge in [-0.3, -0.25) is 14.4 Å². The number of hydrogen-bond donors (Lipinski definition) is 0. The second-order valence-electron chi connectivity index (χ2n) is 7.69. The van der Waals surface area contributed by atoms with Crippen LogP contribution >= 0.6 is 11.8 Å². The number of hydrogen-bond acceptors (Lipinski definition) is 6. The van der Waals surface area contributed by atoms with Crippen molar-refractivity contribution in [1.29, 1.82) is 0 Å². The molecule has 0 aromatic heterocycles. The van der Waals surface area contributed by atoms with E-state index in [1.165, 1.54) is 18.9 Å². The minimum atomic E-state index is -1.46. The lowest BCUT2D eigenvalue weighted by Crippen LogP contribution is -2.62. The molecule has 140 valence electrons. The lowest BCUT2D eigenvalue weighted by molar-refractivity contribution is -0.192. The summed E-state index contributed by atoms with van der Waals surface area (Å²) in [5.74, 6) is -2.10. The third-order valence-corrected chi connectivity index (χ3v) is 7.51. The molecule has 5 rings (SSSR count). The SMILES string of the molecule is CO[C@]12OC[C@@H]3C=CC[C@](C(=O)SC)(c4ccc5c(c4C1=O)CCC5=O)[C@@H]32. The van der Waals surface area contributed by atoms with E-state index in [2.05, 4.69) is 0 Å². The van der Waals surface area contributed by atoms with Crippen LogP contribution in [-0.2, 0) is 26.1 Å². The number of carbonyl (C=O) groups is 3. The first-order valence-electron chi connectivity index (χ1n) is 9.20. The van der Waals surface area contributed by atoms with Gasteiger partial charge in [-0.25, -0.2) is 0 Å². The summed E-state index contributed by atoms with van der Waals surface area (Å²) in [6.45, 7) is 0.346. The summed E-state index contributed by atoms with van der Waals surface area (Å²) >= 11 is 1.19. The standard InChI is InChI=1S/C21H20O5S/c1-25-21-17-11(10-26-21)4-3-9-20(17,19(24)27-2)14-7-5-12-13(6-8-15(12)22)16(14)18(21)23/h3-5,7,11,17H,6,8-10H2,1-2H3/t11-,17+,20-,21+/m0/s1. The molecule has 4 aliphatic rings. The first kappa shape index (κ1) is 17.3. The Bertz CT molecular complexity index is 935. The van der Waals surface area contributed by atoms with Crippen molar-refractivity contribution in [3.8, 4) is 0 Å². The summed E-state index contributed by atoms with van der Waals surface area (Å²) in [5, 5.41) is 0.0202. The highest BCUT2D eigenvalue weighted by Gasteiger charge is 2.70. The summed E-state index contributed by atoms with van der Waals surface area (Å²) in [6.07, 6.45) is 7.29. The molecule has 6 heteroatoms. The fraction of sp³-hybridized carbons (Fsp3) is 0.476. The van der Waals surface area contributed by atoms with Crippen molar-refractivity contribution in [3.05, 3.63) is 46.5 Å². The van der Waals surface area contributed by atoms with E-state index in [0.29, 0.717) is 37.0 Å². The number of thioether (sulfide) groups is 1. The molecule has 0 N–H and O–H groups in total. The largest absolute Gasteiger partial charge is 0.346 e. The number of rotatable bonds is 2. The Hall–Kier alpha value is -1.76. The fourth-order valence-corrected chi connectivity index (χ4v) is 6.40. The van der Waals surface area contributed by atoms with Gasteiger partial charge in [0.2, 0.25) is 11.6 Å². The molecule has 1 aliphatic heterocycles. The molecule has 3 aliphatic carbocycles. The molecule has 0 spiro atoms. The van der Waals surface area contributed by atoms with Crippen molar-refractivity contribution in [2.75, 3.05) is 20.0 Å². The van der Waals surface area contributed by atoms with Crippen LogP contribution < -0.4 is 0 Å². The number of fused-ring (bicyclic) bond motifs is 4. The average Bonchev–Trinajstić information content (AvgIpc) is 3.27. The zero-order valence-corrected chi connectivity index (χ0v) is 16.1. The van der Waals surface area contributed by atoms with Gasteiger partial charge in [0, 0.05) is 36.5 Å². The first-order valence-corrected chi connectivity index (χ1v) is 10.4. The van der Waals surface area contributed by atoms with Gasteiger partial charge in [-0.2, -0.15) is 0 Å². The van der Waals surface area contributed by atoms with Crippen LogP contribution in [0.4, 0.5) is 0 Å². The van der Waals surface area contributed by atoms with Gasteiger partial charge in [-0.05, 0) is 30.2 Å². The van der Waals surface area contributed by atoms with Crippen LogP contribution in [0.5, 0.6) is 0 Å². The van der Waals surface area contributed by atoms with Gasteiger partial charge in [-0.1, -0.05) is 36.0 Å². The molecule has 0 amide bonds. The van der Waals surface area contributed by atoms with Crippen LogP contribution in [0.15, 0.2) is 24.3 Å². The van der Waals surface area contributed by atoms with Gasteiger partial charge in [0.15, 0.2) is 10.9 Å². The second-order valence-corrected chi connectivity index (χ2v) is 8.46. The quantitative estimate of drug-likeness (QED) is 0.731. The number of allylic oxidation sites excluding steroid dienone is 1. The maximum absolute atomic E-state index is 13.7. The maximum Gasteiger partial charge on any atom is 0.238 e. The van der Waals surface area contributed by atoms with Gasteiger partial charge in [-0.15, -0.1) is 0 Å². The summed E-state index contributed by atoms with van der Waals surface area (Å²) < 4.78 is 11.8. The third-order valence-electron chi connectivity index (χ3n) is 6.77. The number of carbonyl (C=O) groups excluding carboxylic acids is 3. The Morgan fingerprint density at radius 3 is 2.85 bits per heavy atom. The average molecular weight is 384 g/mol. The van der Waals surface area contributed by atoms with E-state index in [4.69, 9.17) is 9.47 Å². The van der Waals surface area contributed by atoms with Crippen LogP contribution in [0.2, 0.25) is 0 Å². The Morgan fingerprint density at radius 1 is 1.30 bits per heavy atom. The van der Waals surface area contributed by atoms with Gasteiger partial charge >= 0.3 is 0 Å². The third kappa shape index (κ3) is 1.86. The molecule has 1 aromatic carbocycles. The van der Waals surface area contributed by atoms with E-state index in [1.807, 2.05) is 18.2 Å². The normalized spacial score (nSPS) is 35.8. The molecule has 0 bridgehead atoms. The monoisotopic (exact) mass is 384 g/mol. The van der Waals surface area contributed by atoms with Crippen LogP contribution in [0.25, 0.3) is 0 Å². The highest BCUT2D eigenvalue weighted by atomic mass is 32.2. The van der Waals surface area contributed by atoms with Gasteiger partial charge < -0.3 is 9.47 Å². The fourth-order valence-electron chi connectivity index (χ4n) is 5.71. The molecule has 5 nitrogen and oxygen atoms in total. The minimum absolute atomic E-state index is 0.0202. The molecular formula is C21H20O5S. The van der Waals surface area contributed by atoms with E-state index >= 15 is 0 Å². The molecule has 0 unspecified atom stereocenters. The zero-order valence-electron chi connectivity index (χ0n) is 15.2. The first-order chi connectivity index (χ1) is 13.0. The lowest BCUT2D eigenvalue weighted by atomic mass is 9.54. The molecule has 1 fully saturated rings. The molecule has 0 saturated carbocycles. The molecular weight excluding hydrogens is 364 g/mol. The summed E-state index contributed by atoms with van der Waals surface area (Å²) in [6, 6.07) is 3.63. The van der Waals surface area contributed by atoms with Crippen LogP contribution in [-0.4, -0.2) is 42.4 Å². The molecule has 1 heterocycles. The molecule has 1 saturated heterocycles. The van der Waals surface area contributed by atoms with E-state index in [0.717, 1.165) is 11.1 Å². The molecule has 4 atom stereocenters. The van der Waals surface area contributed by atoms with Gasteiger partial charge in [0.25, 0.3) is 0 Å². The van der Waals surface area contributed by atoms with Gasteiger partial charge in [0.05, 0.1) is 12.0 Å². The summed E-state index contributed by atoms with van der Waals surface area (Å²) in [5.41, 5.74) is 1.70. The smallest absolute Gasteiger partial charge is 0.238 e. The van der Waals surface area contributed by atoms with Crippen molar-refractivity contribution in [3.63, 3.8) is 0 Å². The Morgan fingerprint density at radius 2 is 2.11 bits per heavy atom. The Balaban J connectivity index is 1.89. The number of benzene rings is 1. The zero-order chi connectivity index (χ0) is 19.0. The Kier molecular flexibility index (Phi) is 3.61. The maximum atomic E-state index is 13.7. The van der Waals surface area contributed by atoms with E-state index in [1.54, 1.807) is 12.3 Å². The second kappa shape index (κ2) is 5.63. The van der Waals surface area contributed by atoms with Crippen molar-refractivity contribution in [2.24, 2.45) is 11.8 Å². The molecule has 1 aromatic rings. The lowest BCUT2D eigenvalue weighted by Gasteiger charge is -2.51. The molecule has 0 radical (unpaired) electrons. The molecule has 27 heavy (non-hydrogen) atoms. The van der Waals surface area contributed by atoms with Crippen molar-refractivity contribution < 1.29 is 23.9 Å². The summed E-state index contributed by atoms with van der Waals surface area (Å²) in [7, 11) is 1.48. The van der Waals surface area contributed by atoms with Crippen LogP contribution in [0, 0.1) is 11.8 Å². The van der Waals surface area contributed by atoms with Crippen molar-refractivity contribution in [1.82, 2.24) is 0 Å². The predicted molar refractivity (Wildman–Crippen MR) is 100 cm³/mol. The Labute approximate surface area is 161 Å². The topological polar surface area (TPSA) is 69.7 Å². The number of Topliss-reactive ketones (excluding diaryl/α,β-unsaturated/α-hetero) is 2. The van der Waals surface area contributed by atoms with E-state index in [-0.39, 0.29) is 22.6 Å². The van der Waals surface area contributed by atoms with Gasteiger partial charge in [0.1, 0.15) is 0 Å². The highest BCUT2D eigenvalue weighted by Crippen LogP contribution is 2.60. The van der Waals surface area contributed by atoms with E-state index < -0.39 is 17.1 Å². The number of methoxy groups -OCH3 is 1.